The largest absolute Gasteiger partial charge is 0.497 e. The monoisotopic (exact) mass is 313 g/mol. The number of nitrogens with zero attached hydrogens (tertiary/aromatic N) is 1. The van der Waals surface area contributed by atoms with Crippen LogP contribution in [0.25, 0.3) is 0 Å². The molecule has 0 aliphatic heterocycles. The first-order chi connectivity index (χ1) is 8.74. The quantitative estimate of drug-likeness (QED) is 0.876. The van der Waals surface area contributed by atoms with Gasteiger partial charge in [-0.25, -0.2) is 0 Å². The number of methoxy groups -OCH3 is 1. The van der Waals surface area contributed by atoms with Crippen LogP contribution in [0, 0.1) is 0 Å². The lowest BCUT2D eigenvalue weighted by Crippen LogP contribution is -2.41. The number of hydrogen-bond acceptors (Lipinski definition) is 3. The first-order valence-electron chi connectivity index (χ1n) is 6.42. The van der Waals surface area contributed by atoms with E-state index in [9.17, 15) is 5.11 Å². The highest BCUT2D eigenvalue weighted by molar-refractivity contribution is 9.10. The SMILES string of the molecule is COc1ccc(Br)c(CN(CCO)C2CCC2)c1. The Morgan fingerprint density at radius 2 is 2.22 bits per heavy atom. The number of hydrogen-bond donors (Lipinski definition) is 1. The average Bonchev–Trinajstić information content (AvgIpc) is 2.30. The number of halogens is 1. The molecule has 0 unspecified atom stereocenters. The van der Waals surface area contributed by atoms with Crippen molar-refractivity contribution in [1.82, 2.24) is 4.90 Å². The highest BCUT2D eigenvalue weighted by Crippen LogP contribution is 2.29. The molecule has 1 aromatic rings. The third-order valence-corrected chi connectivity index (χ3v) is 4.38. The first-order valence-corrected chi connectivity index (χ1v) is 7.21. The topological polar surface area (TPSA) is 32.7 Å². The Hall–Kier alpha value is -0.580. The fourth-order valence-electron chi connectivity index (χ4n) is 2.29. The summed E-state index contributed by atoms with van der Waals surface area (Å²) in [6.07, 6.45) is 3.81. The second-order valence-corrected chi connectivity index (χ2v) is 5.59. The van der Waals surface area contributed by atoms with Crippen molar-refractivity contribution in [1.29, 1.82) is 0 Å². The van der Waals surface area contributed by atoms with E-state index in [0.717, 1.165) is 23.3 Å². The van der Waals surface area contributed by atoms with E-state index in [1.54, 1.807) is 7.11 Å². The summed E-state index contributed by atoms with van der Waals surface area (Å²) in [5, 5.41) is 9.18. The van der Waals surface area contributed by atoms with Crippen LogP contribution in [0.4, 0.5) is 0 Å². The zero-order chi connectivity index (χ0) is 13.0. The van der Waals surface area contributed by atoms with Gasteiger partial charge < -0.3 is 9.84 Å². The van der Waals surface area contributed by atoms with Crippen LogP contribution in [-0.4, -0.2) is 36.3 Å². The molecule has 2 rings (SSSR count). The normalized spacial score (nSPS) is 15.8. The van der Waals surface area contributed by atoms with Gasteiger partial charge >= 0.3 is 0 Å². The first kappa shape index (κ1) is 13.8. The predicted molar refractivity (Wildman–Crippen MR) is 75.8 cm³/mol. The predicted octanol–water partition coefficient (Wildman–Crippen LogP) is 2.80. The maximum Gasteiger partial charge on any atom is 0.119 e. The van der Waals surface area contributed by atoms with Gasteiger partial charge in [0.1, 0.15) is 5.75 Å². The minimum absolute atomic E-state index is 0.220. The molecule has 0 amide bonds. The van der Waals surface area contributed by atoms with Crippen molar-refractivity contribution in [3.05, 3.63) is 28.2 Å². The molecule has 1 aliphatic rings. The lowest BCUT2D eigenvalue weighted by Gasteiger charge is -2.37. The molecule has 0 bridgehead atoms. The summed E-state index contributed by atoms with van der Waals surface area (Å²) >= 11 is 3.58. The van der Waals surface area contributed by atoms with Gasteiger partial charge in [0.2, 0.25) is 0 Å². The van der Waals surface area contributed by atoms with E-state index in [1.165, 1.54) is 24.8 Å². The van der Waals surface area contributed by atoms with Gasteiger partial charge in [-0.1, -0.05) is 22.4 Å². The van der Waals surface area contributed by atoms with Crippen molar-refractivity contribution in [2.75, 3.05) is 20.3 Å². The highest BCUT2D eigenvalue weighted by Gasteiger charge is 2.24. The van der Waals surface area contributed by atoms with Crippen molar-refractivity contribution in [3.63, 3.8) is 0 Å². The Morgan fingerprint density at radius 1 is 1.44 bits per heavy atom. The Morgan fingerprint density at radius 3 is 2.78 bits per heavy atom. The smallest absolute Gasteiger partial charge is 0.119 e. The minimum atomic E-state index is 0.220. The van der Waals surface area contributed by atoms with E-state index in [4.69, 9.17) is 4.74 Å². The lowest BCUT2D eigenvalue weighted by atomic mass is 9.91. The van der Waals surface area contributed by atoms with Gasteiger partial charge in [-0.15, -0.1) is 0 Å². The molecule has 1 N–H and O–H groups in total. The molecule has 0 saturated heterocycles. The maximum atomic E-state index is 9.18. The summed E-state index contributed by atoms with van der Waals surface area (Å²) in [5.74, 6) is 0.880. The standard InChI is InChI=1S/C14H20BrNO2/c1-18-13-5-6-14(15)11(9-13)10-16(7-8-17)12-3-2-4-12/h5-6,9,12,17H,2-4,7-8,10H2,1H3. The molecule has 3 nitrogen and oxygen atoms in total. The summed E-state index contributed by atoms with van der Waals surface area (Å²) in [6.45, 7) is 1.83. The molecule has 0 atom stereocenters. The zero-order valence-electron chi connectivity index (χ0n) is 10.7. The van der Waals surface area contributed by atoms with Crippen LogP contribution in [0.1, 0.15) is 24.8 Å². The van der Waals surface area contributed by atoms with E-state index in [-0.39, 0.29) is 6.61 Å². The average molecular weight is 314 g/mol. The Kier molecular flexibility index (Phi) is 5.03. The molecular weight excluding hydrogens is 294 g/mol. The van der Waals surface area contributed by atoms with Crippen LogP contribution in [0.5, 0.6) is 5.75 Å². The van der Waals surface area contributed by atoms with Crippen molar-refractivity contribution in [2.45, 2.75) is 31.8 Å². The molecule has 1 aliphatic carbocycles. The van der Waals surface area contributed by atoms with Gasteiger partial charge in [0.25, 0.3) is 0 Å². The molecule has 1 fully saturated rings. The lowest BCUT2D eigenvalue weighted by molar-refractivity contribution is 0.0943. The summed E-state index contributed by atoms with van der Waals surface area (Å²) in [6, 6.07) is 6.67. The molecule has 0 radical (unpaired) electrons. The highest BCUT2D eigenvalue weighted by atomic mass is 79.9. The van der Waals surface area contributed by atoms with Crippen molar-refractivity contribution >= 4 is 15.9 Å². The Balaban J connectivity index is 2.09. The van der Waals surface area contributed by atoms with Crippen molar-refractivity contribution in [2.24, 2.45) is 0 Å². The second-order valence-electron chi connectivity index (χ2n) is 4.74. The van der Waals surface area contributed by atoms with E-state index in [0.29, 0.717) is 6.04 Å². The van der Waals surface area contributed by atoms with Crippen molar-refractivity contribution < 1.29 is 9.84 Å². The fourth-order valence-corrected chi connectivity index (χ4v) is 2.66. The van der Waals surface area contributed by atoms with Crippen LogP contribution in [0.2, 0.25) is 0 Å². The second kappa shape index (κ2) is 6.55. The van der Waals surface area contributed by atoms with Gasteiger partial charge in [0.05, 0.1) is 13.7 Å². The fraction of sp³-hybridized carbons (Fsp3) is 0.571. The molecule has 4 heteroatoms. The van der Waals surface area contributed by atoms with Crippen LogP contribution in [0.3, 0.4) is 0 Å². The van der Waals surface area contributed by atoms with Gasteiger partial charge in [0.15, 0.2) is 0 Å². The molecule has 100 valence electrons. The molecule has 18 heavy (non-hydrogen) atoms. The van der Waals surface area contributed by atoms with Crippen molar-refractivity contribution in [3.8, 4) is 5.75 Å². The summed E-state index contributed by atoms with van der Waals surface area (Å²) in [7, 11) is 1.68. The number of aliphatic hydroxyl groups excluding tert-OH is 1. The van der Waals surface area contributed by atoms with Crippen LogP contribution >= 0.6 is 15.9 Å². The summed E-state index contributed by atoms with van der Waals surface area (Å²) in [4.78, 5) is 2.36. The minimum Gasteiger partial charge on any atom is -0.497 e. The van der Waals surface area contributed by atoms with Gasteiger partial charge in [0, 0.05) is 23.6 Å². The molecule has 1 saturated carbocycles. The number of ether oxygens (including phenoxy) is 1. The van der Waals surface area contributed by atoms with Gasteiger partial charge in [-0.3, -0.25) is 4.90 Å². The van der Waals surface area contributed by atoms with E-state index < -0.39 is 0 Å². The zero-order valence-corrected chi connectivity index (χ0v) is 12.3. The third kappa shape index (κ3) is 3.25. The van der Waals surface area contributed by atoms with Crippen LogP contribution < -0.4 is 4.74 Å². The number of benzene rings is 1. The molecule has 0 heterocycles. The van der Waals surface area contributed by atoms with Crippen LogP contribution in [-0.2, 0) is 6.54 Å². The molecule has 0 aromatic heterocycles. The van der Waals surface area contributed by atoms with Crippen LogP contribution in [0.15, 0.2) is 22.7 Å². The molecule has 1 aromatic carbocycles. The van der Waals surface area contributed by atoms with E-state index in [1.807, 2.05) is 12.1 Å². The third-order valence-electron chi connectivity index (χ3n) is 3.60. The number of aliphatic hydroxyl groups is 1. The number of rotatable bonds is 6. The molecular formula is C14H20BrNO2. The van der Waals surface area contributed by atoms with E-state index >= 15 is 0 Å². The van der Waals surface area contributed by atoms with E-state index in [2.05, 4.69) is 26.9 Å². The Labute approximate surface area is 117 Å². The maximum absolute atomic E-state index is 9.18. The van der Waals surface area contributed by atoms with Gasteiger partial charge in [-0.2, -0.15) is 0 Å². The summed E-state index contributed by atoms with van der Waals surface area (Å²) in [5.41, 5.74) is 1.22. The molecule has 0 spiro atoms. The summed E-state index contributed by atoms with van der Waals surface area (Å²) < 4.78 is 6.37. The Bertz CT molecular complexity index is 393. The van der Waals surface area contributed by atoms with Gasteiger partial charge in [-0.05, 0) is 36.6 Å².